The van der Waals surface area contributed by atoms with Crippen molar-refractivity contribution in [3.63, 3.8) is 0 Å². The first-order valence-electron chi connectivity index (χ1n) is 5.02. The second-order valence-corrected chi connectivity index (χ2v) is 4.79. The van der Waals surface area contributed by atoms with E-state index in [2.05, 4.69) is 22.6 Å². The maximum Gasteiger partial charge on any atom is 0.167 e. The summed E-state index contributed by atoms with van der Waals surface area (Å²) in [5.41, 5.74) is 6.45. The van der Waals surface area contributed by atoms with E-state index in [1.54, 1.807) is 12.1 Å². The molecular formula is C13H8FIN2O. The molecule has 18 heavy (non-hydrogen) atoms. The number of benzene rings is 2. The highest BCUT2D eigenvalue weighted by Gasteiger charge is 2.08. The standard InChI is InChI=1S/C13H8FIN2O/c14-10-5-8(7-16)1-3-12(10)18-13-4-2-9(15)6-11(13)17/h1-6H,17H2. The summed E-state index contributed by atoms with van der Waals surface area (Å²) in [5, 5.41) is 8.64. The molecule has 90 valence electrons. The highest BCUT2D eigenvalue weighted by atomic mass is 127. The predicted octanol–water partition coefficient (Wildman–Crippen LogP) is 3.68. The van der Waals surface area contributed by atoms with Crippen molar-refractivity contribution in [3.05, 3.63) is 51.3 Å². The molecule has 0 aliphatic rings. The molecule has 0 spiro atoms. The van der Waals surface area contributed by atoms with Gasteiger partial charge in [-0.15, -0.1) is 0 Å². The largest absolute Gasteiger partial charge is 0.452 e. The fourth-order valence-corrected chi connectivity index (χ4v) is 1.90. The summed E-state index contributed by atoms with van der Waals surface area (Å²) in [4.78, 5) is 0. The summed E-state index contributed by atoms with van der Waals surface area (Å²) < 4.78 is 20.0. The molecule has 0 aliphatic carbocycles. The second-order valence-electron chi connectivity index (χ2n) is 3.54. The Hall–Kier alpha value is -1.81. The molecule has 0 heterocycles. The van der Waals surface area contributed by atoms with E-state index in [1.807, 2.05) is 12.1 Å². The van der Waals surface area contributed by atoms with E-state index in [0.29, 0.717) is 11.4 Å². The first-order valence-corrected chi connectivity index (χ1v) is 6.10. The Morgan fingerprint density at radius 2 is 1.89 bits per heavy atom. The molecule has 0 saturated carbocycles. The van der Waals surface area contributed by atoms with Gasteiger partial charge in [-0.1, -0.05) is 0 Å². The summed E-state index contributed by atoms with van der Waals surface area (Å²) in [7, 11) is 0. The Balaban J connectivity index is 2.32. The monoisotopic (exact) mass is 354 g/mol. The van der Waals surface area contributed by atoms with E-state index < -0.39 is 5.82 Å². The Kier molecular flexibility index (Phi) is 3.67. The Bertz CT molecular complexity index is 637. The van der Waals surface area contributed by atoms with E-state index in [1.165, 1.54) is 12.1 Å². The maximum atomic E-state index is 13.6. The smallest absolute Gasteiger partial charge is 0.167 e. The van der Waals surface area contributed by atoms with Crippen LogP contribution >= 0.6 is 22.6 Å². The minimum Gasteiger partial charge on any atom is -0.452 e. The summed E-state index contributed by atoms with van der Waals surface area (Å²) in [6, 6.07) is 11.1. The topological polar surface area (TPSA) is 59.0 Å². The van der Waals surface area contributed by atoms with Crippen molar-refractivity contribution in [2.24, 2.45) is 0 Å². The fraction of sp³-hybridized carbons (Fsp3) is 0. The van der Waals surface area contributed by atoms with Gasteiger partial charge in [0.25, 0.3) is 0 Å². The molecule has 2 N–H and O–H groups in total. The van der Waals surface area contributed by atoms with E-state index in [9.17, 15) is 4.39 Å². The Morgan fingerprint density at radius 3 is 2.50 bits per heavy atom. The third kappa shape index (κ3) is 2.71. The van der Waals surface area contributed by atoms with Crippen LogP contribution in [-0.2, 0) is 0 Å². The summed E-state index contributed by atoms with van der Waals surface area (Å²) >= 11 is 2.12. The molecule has 0 amide bonds. The van der Waals surface area contributed by atoms with Gasteiger partial charge in [0.2, 0.25) is 0 Å². The molecule has 0 radical (unpaired) electrons. The molecule has 5 heteroatoms. The number of anilines is 1. The lowest BCUT2D eigenvalue weighted by Crippen LogP contribution is -1.94. The van der Waals surface area contributed by atoms with E-state index in [4.69, 9.17) is 15.7 Å². The van der Waals surface area contributed by atoms with Crippen LogP contribution in [0.2, 0.25) is 0 Å². The molecule has 0 bridgehead atoms. The van der Waals surface area contributed by atoms with Crippen LogP contribution in [0, 0.1) is 20.7 Å². The van der Waals surface area contributed by atoms with Gasteiger partial charge in [-0.05, 0) is 59.0 Å². The lowest BCUT2D eigenvalue weighted by atomic mass is 10.2. The fourth-order valence-electron chi connectivity index (χ4n) is 1.38. The number of nitrogens with zero attached hydrogens (tertiary/aromatic N) is 1. The molecule has 2 aromatic carbocycles. The summed E-state index contributed by atoms with van der Waals surface area (Å²) in [6.45, 7) is 0. The van der Waals surface area contributed by atoms with Crippen LogP contribution in [-0.4, -0.2) is 0 Å². The van der Waals surface area contributed by atoms with Crippen LogP contribution in [0.25, 0.3) is 0 Å². The number of ether oxygens (including phenoxy) is 1. The minimum atomic E-state index is -0.591. The molecule has 0 unspecified atom stereocenters. The quantitative estimate of drug-likeness (QED) is 0.661. The number of hydrogen-bond donors (Lipinski definition) is 1. The molecule has 0 saturated heterocycles. The van der Waals surface area contributed by atoms with Crippen LogP contribution in [0.15, 0.2) is 36.4 Å². The highest BCUT2D eigenvalue weighted by Crippen LogP contribution is 2.30. The Morgan fingerprint density at radius 1 is 1.17 bits per heavy atom. The summed E-state index contributed by atoms with van der Waals surface area (Å²) in [5.74, 6) is -0.159. The molecule has 2 aromatic rings. The minimum absolute atomic E-state index is 0.0434. The van der Waals surface area contributed by atoms with Crippen molar-refractivity contribution in [2.45, 2.75) is 0 Å². The van der Waals surface area contributed by atoms with Crippen molar-refractivity contribution in [3.8, 4) is 17.6 Å². The van der Waals surface area contributed by atoms with Gasteiger partial charge in [0.15, 0.2) is 17.3 Å². The molecule has 0 aromatic heterocycles. The van der Waals surface area contributed by atoms with Gasteiger partial charge in [0, 0.05) is 3.57 Å². The van der Waals surface area contributed by atoms with Crippen LogP contribution < -0.4 is 10.5 Å². The predicted molar refractivity (Wildman–Crippen MR) is 74.8 cm³/mol. The maximum absolute atomic E-state index is 13.6. The molecular weight excluding hydrogens is 346 g/mol. The lowest BCUT2D eigenvalue weighted by Gasteiger charge is -2.09. The van der Waals surface area contributed by atoms with Crippen LogP contribution in [0.5, 0.6) is 11.5 Å². The zero-order chi connectivity index (χ0) is 13.1. The third-order valence-electron chi connectivity index (χ3n) is 2.25. The van der Waals surface area contributed by atoms with Gasteiger partial charge in [-0.3, -0.25) is 0 Å². The van der Waals surface area contributed by atoms with Crippen molar-refractivity contribution >= 4 is 28.3 Å². The summed E-state index contributed by atoms with van der Waals surface area (Å²) in [6.07, 6.45) is 0. The van der Waals surface area contributed by atoms with Crippen LogP contribution in [0.4, 0.5) is 10.1 Å². The number of halogens is 2. The normalized spacial score (nSPS) is 9.83. The SMILES string of the molecule is N#Cc1ccc(Oc2ccc(I)cc2N)c(F)c1. The van der Waals surface area contributed by atoms with Gasteiger partial charge in [-0.2, -0.15) is 5.26 Å². The van der Waals surface area contributed by atoms with Gasteiger partial charge in [0.05, 0.1) is 17.3 Å². The first kappa shape index (κ1) is 12.6. The number of nitriles is 1. The van der Waals surface area contributed by atoms with Gasteiger partial charge >= 0.3 is 0 Å². The van der Waals surface area contributed by atoms with E-state index in [-0.39, 0.29) is 11.3 Å². The number of hydrogen-bond acceptors (Lipinski definition) is 3. The van der Waals surface area contributed by atoms with Crippen molar-refractivity contribution in [1.29, 1.82) is 5.26 Å². The molecule has 0 fully saturated rings. The second kappa shape index (κ2) is 5.23. The zero-order valence-corrected chi connectivity index (χ0v) is 11.3. The van der Waals surface area contributed by atoms with Crippen molar-refractivity contribution in [1.82, 2.24) is 0 Å². The Labute approximate surface area is 117 Å². The molecule has 0 aliphatic heterocycles. The van der Waals surface area contributed by atoms with E-state index in [0.717, 1.165) is 9.64 Å². The number of nitrogens with two attached hydrogens (primary N) is 1. The molecule has 2 rings (SSSR count). The number of rotatable bonds is 2. The van der Waals surface area contributed by atoms with E-state index >= 15 is 0 Å². The first-order chi connectivity index (χ1) is 8.60. The zero-order valence-electron chi connectivity index (χ0n) is 9.15. The molecule has 0 atom stereocenters. The lowest BCUT2D eigenvalue weighted by molar-refractivity contribution is 0.444. The average Bonchev–Trinajstić information content (AvgIpc) is 2.34. The highest BCUT2D eigenvalue weighted by molar-refractivity contribution is 14.1. The van der Waals surface area contributed by atoms with Gasteiger partial charge in [0.1, 0.15) is 0 Å². The van der Waals surface area contributed by atoms with Crippen LogP contribution in [0.3, 0.4) is 0 Å². The number of nitrogen functional groups attached to an aromatic ring is 1. The van der Waals surface area contributed by atoms with Gasteiger partial charge in [-0.25, -0.2) is 4.39 Å². The third-order valence-corrected chi connectivity index (χ3v) is 2.92. The van der Waals surface area contributed by atoms with Crippen LogP contribution in [0.1, 0.15) is 5.56 Å². The van der Waals surface area contributed by atoms with Crippen molar-refractivity contribution in [2.75, 3.05) is 5.73 Å². The molecule has 3 nitrogen and oxygen atoms in total. The average molecular weight is 354 g/mol. The van der Waals surface area contributed by atoms with Gasteiger partial charge < -0.3 is 10.5 Å². The van der Waals surface area contributed by atoms with Crippen molar-refractivity contribution < 1.29 is 9.13 Å².